The first-order valence-corrected chi connectivity index (χ1v) is 6.19. The van der Waals surface area contributed by atoms with Gasteiger partial charge in [-0.25, -0.2) is 0 Å². The van der Waals surface area contributed by atoms with Crippen LogP contribution < -0.4 is 0 Å². The summed E-state index contributed by atoms with van der Waals surface area (Å²) in [5, 5.41) is 0. The molecule has 2 bridgehead atoms. The Bertz CT molecular complexity index is 385. The number of imide groups is 1. The Morgan fingerprint density at radius 2 is 2.12 bits per heavy atom. The van der Waals surface area contributed by atoms with Crippen LogP contribution in [0.15, 0.2) is 11.6 Å². The van der Waals surface area contributed by atoms with Crippen LogP contribution in [0.1, 0.15) is 32.6 Å². The van der Waals surface area contributed by atoms with E-state index in [1.807, 2.05) is 0 Å². The van der Waals surface area contributed by atoms with Gasteiger partial charge in [-0.15, -0.1) is 0 Å². The molecule has 0 saturated heterocycles. The largest absolute Gasteiger partial charge is 0.275 e. The molecule has 0 aromatic heterocycles. The molecular formula is C13H17NO2. The standard InChI is InChI=1S/C13H17NO2/c1-8-4-12(15)14(13(8)16)7-11-6-9-2-3-10(11)5-9/h4,9-11H,2-3,5-7H2,1H3. The lowest BCUT2D eigenvalue weighted by Gasteiger charge is -2.26. The fraction of sp³-hybridized carbons (Fsp3) is 0.692. The maximum absolute atomic E-state index is 11.7. The molecule has 2 fully saturated rings. The highest BCUT2D eigenvalue weighted by atomic mass is 16.2. The van der Waals surface area contributed by atoms with Gasteiger partial charge in [0, 0.05) is 18.2 Å². The summed E-state index contributed by atoms with van der Waals surface area (Å²) in [5.41, 5.74) is 0.591. The Morgan fingerprint density at radius 3 is 2.62 bits per heavy atom. The SMILES string of the molecule is CC1=CC(=O)N(CC2CC3CCC2C3)C1=O. The fourth-order valence-electron chi connectivity index (χ4n) is 3.65. The van der Waals surface area contributed by atoms with E-state index in [2.05, 4.69) is 0 Å². The summed E-state index contributed by atoms with van der Waals surface area (Å²) in [6, 6.07) is 0. The van der Waals surface area contributed by atoms with Gasteiger partial charge < -0.3 is 0 Å². The maximum Gasteiger partial charge on any atom is 0.256 e. The van der Waals surface area contributed by atoms with Crippen molar-refractivity contribution in [1.82, 2.24) is 4.90 Å². The molecule has 3 unspecified atom stereocenters. The summed E-state index contributed by atoms with van der Waals surface area (Å²) in [6.07, 6.45) is 6.68. The summed E-state index contributed by atoms with van der Waals surface area (Å²) in [5.74, 6) is 2.03. The van der Waals surface area contributed by atoms with E-state index in [0.717, 1.165) is 11.8 Å². The zero-order valence-corrected chi connectivity index (χ0v) is 9.61. The molecule has 2 aliphatic carbocycles. The Kier molecular flexibility index (Phi) is 2.16. The van der Waals surface area contributed by atoms with Crippen molar-refractivity contribution in [2.24, 2.45) is 17.8 Å². The summed E-state index contributed by atoms with van der Waals surface area (Å²) < 4.78 is 0. The van der Waals surface area contributed by atoms with Crippen LogP contribution in [0.2, 0.25) is 0 Å². The third kappa shape index (κ3) is 1.41. The van der Waals surface area contributed by atoms with Crippen LogP contribution in [0.25, 0.3) is 0 Å². The minimum absolute atomic E-state index is 0.0761. The molecule has 1 aliphatic heterocycles. The van der Waals surface area contributed by atoms with E-state index in [1.165, 1.54) is 36.7 Å². The summed E-state index contributed by atoms with van der Waals surface area (Å²) in [4.78, 5) is 24.8. The van der Waals surface area contributed by atoms with Gasteiger partial charge in [0.15, 0.2) is 0 Å². The minimum Gasteiger partial charge on any atom is -0.275 e. The van der Waals surface area contributed by atoms with Crippen molar-refractivity contribution in [1.29, 1.82) is 0 Å². The second-order valence-electron chi connectivity index (χ2n) is 5.52. The van der Waals surface area contributed by atoms with Gasteiger partial charge in [0.05, 0.1) is 0 Å². The molecule has 0 radical (unpaired) electrons. The second kappa shape index (κ2) is 3.44. The van der Waals surface area contributed by atoms with E-state index in [9.17, 15) is 9.59 Å². The normalized spacial score (nSPS) is 37.4. The molecule has 3 nitrogen and oxygen atoms in total. The van der Waals surface area contributed by atoms with Gasteiger partial charge in [0.25, 0.3) is 11.8 Å². The van der Waals surface area contributed by atoms with E-state index in [-0.39, 0.29) is 11.8 Å². The number of carbonyl (C=O) groups excluding carboxylic acids is 2. The highest BCUT2D eigenvalue weighted by molar-refractivity contribution is 6.15. The third-order valence-corrected chi connectivity index (χ3v) is 4.49. The van der Waals surface area contributed by atoms with Crippen molar-refractivity contribution in [2.45, 2.75) is 32.6 Å². The highest BCUT2D eigenvalue weighted by Gasteiger charge is 2.42. The van der Waals surface area contributed by atoms with Gasteiger partial charge >= 0.3 is 0 Å². The number of rotatable bonds is 2. The highest BCUT2D eigenvalue weighted by Crippen LogP contribution is 2.48. The lowest BCUT2D eigenvalue weighted by Crippen LogP contribution is -2.37. The Balaban J connectivity index is 1.68. The number of hydrogen-bond acceptors (Lipinski definition) is 2. The first-order valence-electron chi connectivity index (χ1n) is 6.19. The first-order chi connectivity index (χ1) is 7.65. The van der Waals surface area contributed by atoms with E-state index in [4.69, 9.17) is 0 Å². The van der Waals surface area contributed by atoms with E-state index in [0.29, 0.717) is 18.0 Å². The molecule has 16 heavy (non-hydrogen) atoms. The summed E-state index contributed by atoms with van der Waals surface area (Å²) in [6.45, 7) is 2.38. The molecule has 2 saturated carbocycles. The molecule has 1 heterocycles. The Hall–Kier alpha value is -1.12. The van der Waals surface area contributed by atoms with Gasteiger partial charge in [0.2, 0.25) is 0 Å². The second-order valence-corrected chi connectivity index (χ2v) is 5.52. The zero-order chi connectivity index (χ0) is 11.3. The molecular weight excluding hydrogens is 202 g/mol. The van der Waals surface area contributed by atoms with E-state index >= 15 is 0 Å². The van der Waals surface area contributed by atoms with Gasteiger partial charge in [0.1, 0.15) is 0 Å². The number of nitrogens with zero attached hydrogens (tertiary/aromatic N) is 1. The summed E-state index contributed by atoms with van der Waals surface area (Å²) >= 11 is 0. The van der Waals surface area contributed by atoms with Crippen molar-refractivity contribution in [2.75, 3.05) is 6.54 Å². The van der Waals surface area contributed by atoms with Crippen LogP contribution in [-0.4, -0.2) is 23.3 Å². The van der Waals surface area contributed by atoms with Crippen molar-refractivity contribution < 1.29 is 9.59 Å². The van der Waals surface area contributed by atoms with Crippen LogP contribution in [0.3, 0.4) is 0 Å². The number of amides is 2. The van der Waals surface area contributed by atoms with Crippen molar-refractivity contribution in [3.63, 3.8) is 0 Å². The molecule has 3 heteroatoms. The van der Waals surface area contributed by atoms with Gasteiger partial charge in [-0.05, 0) is 43.9 Å². The lowest BCUT2D eigenvalue weighted by atomic mass is 9.88. The predicted octanol–water partition coefficient (Wildman–Crippen LogP) is 1.74. The Labute approximate surface area is 95.5 Å². The van der Waals surface area contributed by atoms with Gasteiger partial charge in [-0.2, -0.15) is 0 Å². The molecule has 3 aliphatic rings. The van der Waals surface area contributed by atoms with Gasteiger partial charge in [-0.3, -0.25) is 14.5 Å². The molecule has 0 aromatic carbocycles. The van der Waals surface area contributed by atoms with E-state index in [1.54, 1.807) is 6.92 Å². The van der Waals surface area contributed by atoms with E-state index < -0.39 is 0 Å². The molecule has 0 aromatic rings. The van der Waals surface area contributed by atoms with Crippen LogP contribution >= 0.6 is 0 Å². The monoisotopic (exact) mass is 219 g/mol. The van der Waals surface area contributed by atoms with Crippen LogP contribution in [-0.2, 0) is 9.59 Å². The average Bonchev–Trinajstić information content (AvgIpc) is 2.90. The predicted molar refractivity (Wildman–Crippen MR) is 59.4 cm³/mol. The molecule has 0 N–H and O–H groups in total. The van der Waals surface area contributed by atoms with Crippen LogP contribution in [0.4, 0.5) is 0 Å². The number of hydrogen-bond donors (Lipinski definition) is 0. The Morgan fingerprint density at radius 1 is 1.31 bits per heavy atom. The maximum atomic E-state index is 11.7. The number of fused-ring (bicyclic) bond motifs is 2. The molecule has 0 spiro atoms. The smallest absolute Gasteiger partial charge is 0.256 e. The fourth-order valence-corrected chi connectivity index (χ4v) is 3.65. The van der Waals surface area contributed by atoms with Crippen molar-refractivity contribution in [3.05, 3.63) is 11.6 Å². The molecule has 2 amide bonds. The molecule has 3 atom stereocenters. The summed E-state index contributed by atoms with van der Waals surface area (Å²) in [7, 11) is 0. The zero-order valence-electron chi connectivity index (χ0n) is 9.61. The topological polar surface area (TPSA) is 37.4 Å². The number of carbonyl (C=O) groups is 2. The van der Waals surface area contributed by atoms with Crippen molar-refractivity contribution >= 4 is 11.8 Å². The minimum atomic E-state index is -0.106. The van der Waals surface area contributed by atoms with Crippen LogP contribution in [0.5, 0.6) is 0 Å². The quantitative estimate of drug-likeness (QED) is 0.663. The first kappa shape index (κ1) is 10.1. The van der Waals surface area contributed by atoms with Gasteiger partial charge in [-0.1, -0.05) is 6.42 Å². The average molecular weight is 219 g/mol. The molecule has 3 rings (SSSR count). The van der Waals surface area contributed by atoms with Crippen molar-refractivity contribution in [3.8, 4) is 0 Å². The van der Waals surface area contributed by atoms with Crippen LogP contribution in [0, 0.1) is 17.8 Å². The lowest BCUT2D eigenvalue weighted by molar-refractivity contribution is -0.138. The third-order valence-electron chi connectivity index (χ3n) is 4.49. The molecule has 86 valence electrons.